The van der Waals surface area contributed by atoms with Gasteiger partial charge < -0.3 is 5.73 Å². The Bertz CT molecular complexity index is 512. The number of rotatable bonds is 1. The van der Waals surface area contributed by atoms with Crippen LogP contribution in [0.25, 0.3) is 11.1 Å². The second-order valence-electron chi connectivity index (χ2n) is 4.11. The van der Waals surface area contributed by atoms with E-state index in [-0.39, 0.29) is 0 Å². The molecule has 2 aromatic carbocycles. The summed E-state index contributed by atoms with van der Waals surface area (Å²) < 4.78 is 0. The van der Waals surface area contributed by atoms with Gasteiger partial charge in [0.15, 0.2) is 0 Å². The smallest absolute Gasteiger partial charge is 0.0413 e. The molecule has 0 aromatic heterocycles. The van der Waals surface area contributed by atoms with Crippen molar-refractivity contribution in [3.63, 3.8) is 0 Å². The summed E-state index contributed by atoms with van der Waals surface area (Å²) in [5, 5.41) is 0.711. The lowest BCUT2D eigenvalue weighted by Gasteiger charge is -2.08. The van der Waals surface area contributed by atoms with E-state index in [4.69, 9.17) is 17.3 Å². The molecule has 0 unspecified atom stereocenters. The van der Waals surface area contributed by atoms with E-state index in [1.807, 2.05) is 18.2 Å². The number of hydrogen-bond donors (Lipinski definition) is 1. The minimum absolute atomic E-state index is 0.711. The van der Waals surface area contributed by atoms with Gasteiger partial charge in [-0.2, -0.15) is 0 Å². The predicted molar refractivity (Wildman–Crippen MR) is 70.8 cm³/mol. The molecule has 2 rings (SSSR count). The quantitative estimate of drug-likeness (QED) is 0.732. The summed E-state index contributed by atoms with van der Waals surface area (Å²) in [6, 6.07) is 11.9. The van der Waals surface area contributed by atoms with Crippen LogP contribution in [0.2, 0.25) is 5.02 Å². The molecule has 0 spiro atoms. The predicted octanol–water partition coefficient (Wildman–Crippen LogP) is 4.21. The van der Waals surface area contributed by atoms with Crippen molar-refractivity contribution in [2.75, 3.05) is 5.73 Å². The molecule has 1 nitrogen and oxygen atoms in total. The topological polar surface area (TPSA) is 26.0 Å². The molecule has 0 atom stereocenters. The Morgan fingerprint density at radius 1 is 0.938 bits per heavy atom. The first-order chi connectivity index (χ1) is 7.56. The van der Waals surface area contributed by atoms with Crippen LogP contribution in [0.5, 0.6) is 0 Å². The van der Waals surface area contributed by atoms with Gasteiger partial charge in [0.1, 0.15) is 0 Å². The molecule has 0 heterocycles. The number of halogens is 1. The van der Waals surface area contributed by atoms with Gasteiger partial charge in [0.2, 0.25) is 0 Å². The summed E-state index contributed by atoms with van der Waals surface area (Å²) in [7, 11) is 0. The fraction of sp³-hybridized carbons (Fsp3) is 0.143. The van der Waals surface area contributed by atoms with E-state index in [9.17, 15) is 0 Å². The molecule has 16 heavy (non-hydrogen) atoms. The van der Waals surface area contributed by atoms with Gasteiger partial charge in [-0.1, -0.05) is 40.9 Å². The molecule has 0 saturated carbocycles. The van der Waals surface area contributed by atoms with Gasteiger partial charge in [-0.3, -0.25) is 0 Å². The molecular weight excluding hydrogens is 218 g/mol. The molecule has 0 aliphatic carbocycles. The van der Waals surface area contributed by atoms with Crippen LogP contribution in [0.1, 0.15) is 11.1 Å². The second-order valence-corrected chi connectivity index (χ2v) is 4.54. The van der Waals surface area contributed by atoms with Crippen molar-refractivity contribution < 1.29 is 0 Å². The highest BCUT2D eigenvalue weighted by molar-refractivity contribution is 6.31. The van der Waals surface area contributed by atoms with Crippen molar-refractivity contribution in [2.24, 2.45) is 0 Å². The molecule has 2 N–H and O–H groups in total. The van der Waals surface area contributed by atoms with E-state index in [1.165, 1.54) is 11.1 Å². The third-order valence-electron chi connectivity index (χ3n) is 2.55. The Balaban J connectivity index is 2.62. The number of hydrogen-bond acceptors (Lipinski definition) is 1. The summed E-state index contributed by atoms with van der Waals surface area (Å²) in [5.41, 5.74) is 11.3. The lowest BCUT2D eigenvalue weighted by molar-refractivity contribution is 1.38. The van der Waals surface area contributed by atoms with Crippen LogP contribution in [-0.2, 0) is 0 Å². The van der Waals surface area contributed by atoms with Gasteiger partial charge in [-0.15, -0.1) is 0 Å². The van der Waals surface area contributed by atoms with Crippen LogP contribution < -0.4 is 5.73 Å². The van der Waals surface area contributed by atoms with Gasteiger partial charge in [-0.25, -0.2) is 0 Å². The van der Waals surface area contributed by atoms with Crippen LogP contribution >= 0.6 is 11.6 Å². The first-order valence-electron chi connectivity index (χ1n) is 5.20. The van der Waals surface area contributed by atoms with Crippen LogP contribution in [0, 0.1) is 13.8 Å². The van der Waals surface area contributed by atoms with Crippen LogP contribution in [0.4, 0.5) is 5.69 Å². The van der Waals surface area contributed by atoms with Gasteiger partial charge in [0.25, 0.3) is 0 Å². The van der Waals surface area contributed by atoms with Crippen molar-refractivity contribution in [3.8, 4) is 11.1 Å². The van der Waals surface area contributed by atoms with Gasteiger partial charge in [-0.05, 0) is 37.6 Å². The number of nitrogen functional groups attached to an aromatic ring is 1. The van der Waals surface area contributed by atoms with Gasteiger partial charge in [0.05, 0.1) is 0 Å². The minimum Gasteiger partial charge on any atom is -0.398 e. The van der Waals surface area contributed by atoms with E-state index in [2.05, 4.69) is 32.0 Å². The zero-order chi connectivity index (χ0) is 11.7. The molecule has 0 saturated heterocycles. The van der Waals surface area contributed by atoms with E-state index >= 15 is 0 Å². The zero-order valence-corrected chi connectivity index (χ0v) is 10.2. The first kappa shape index (κ1) is 11.0. The number of benzene rings is 2. The molecule has 0 aliphatic heterocycles. The largest absolute Gasteiger partial charge is 0.398 e. The Morgan fingerprint density at radius 2 is 1.56 bits per heavy atom. The van der Waals surface area contributed by atoms with Crippen LogP contribution in [0.3, 0.4) is 0 Å². The second kappa shape index (κ2) is 4.18. The third-order valence-corrected chi connectivity index (χ3v) is 2.78. The summed E-state index contributed by atoms with van der Waals surface area (Å²) in [6.45, 7) is 4.16. The molecule has 0 amide bonds. The molecule has 0 aliphatic rings. The minimum atomic E-state index is 0.711. The molecule has 82 valence electrons. The molecule has 0 bridgehead atoms. The fourth-order valence-electron chi connectivity index (χ4n) is 1.91. The third kappa shape index (κ3) is 2.20. The van der Waals surface area contributed by atoms with Crippen molar-refractivity contribution in [3.05, 3.63) is 52.5 Å². The van der Waals surface area contributed by atoms with E-state index in [0.717, 1.165) is 16.8 Å². The van der Waals surface area contributed by atoms with E-state index < -0.39 is 0 Å². The van der Waals surface area contributed by atoms with E-state index in [0.29, 0.717) is 5.02 Å². The first-order valence-corrected chi connectivity index (χ1v) is 5.58. The Labute approximate surface area is 101 Å². The van der Waals surface area contributed by atoms with Crippen molar-refractivity contribution in [2.45, 2.75) is 13.8 Å². The highest BCUT2D eigenvalue weighted by atomic mass is 35.5. The Morgan fingerprint density at radius 3 is 2.19 bits per heavy atom. The Hall–Kier alpha value is -1.47. The zero-order valence-electron chi connectivity index (χ0n) is 9.42. The normalized spacial score (nSPS) is 10.4. The van der Waals surface area contributed by atoms with E-state index in [1.54, 1.807) is 0 Å². The number of aryl methyl sites for hydroxylation is 2. The fourth-order valence-corrected chi connectivity index (χ4v) is 2.08. The molecule has 2 heteroatoms. The lowest BCUT2D eigenvalue weighted by atomic mass is 9.99. The average Bonchev–Trinajstić information content (AvgIpc) is 2.20. The summed E-state index contributed by atoms with van der Waals surface area (Å²) in [6.07, 6.45) is 0. The summed E-state index contributed by atoms with van der Waals surface area (Å²) in [4.78, 5) is 0. The van der Waals surface area contributed by atoms with Gasteiger partial charge in [0, 0.05) is 16.3 Å². The highest BCUT2D eigenvalue weighted by Gasteiger charge is 2.04. The van der Waals surface area contributed by atoms with Gasteiger partial charge >= 0.3 is 0 Å². The maximum Gasteiger partial charge on any atom is 0.0413 e. The molecule has 0 radical (unpaired) electrons. The SMILES string of the molecule is Cc1cc(C)cc(-c2cc(Cl)ccc2N)c1. The molecular formula is C14H14ClN. The highest BCUT2D eigenvalue weighted by Crippen LogP contribution is 2.30. The molecule has 0 fully saturated rings. The van der Waals surface area contributed by atoms with Crippen LogP contribution in [0.15, 0.2) is 36.4 Å². The monoisotopic (exact) mass is 231 g/mol. The Kier molecular flexibility index (Phi) is 2.88. The van der Waals surface area contributed by atoms with Crippen molar-refractivity contribution in [1.29, 1.82) is 0 Å². The lowest BCUT2D eigenvalue weighted by Crippen LogP contribution is -1.91. The number of anilines is 1. The average molecular weight is 232 g/mol. The number of nitrogens with two attached hydrogens (primary N) is 1. The summed E-state index contributed by atoms with van der Waals surface area (Å²) in [5.74, 6) is 0. The van der Waals surface area contributed by atoms with Crippen molar-refractivity contribution in [1.82, 2.24) is 0 Å². The molecule has 2 aromatic rings. The van der Waals surface area contributed by atoms with Crippen LogP contribution in [-0.4, -0.2) is 0 Å². The summed E-state index contributed by atoms with van der Waals surface area (Å²) >= 11 is 5.99. The van der Waals surface area contributed by atoms with Crippen molar-refractivity contribution >= 4 is 17.3 Å². The standard InChI is InChI=1S/C14H14ClN/c1-9-5-10(2)7-11(6-9)13-8-12(15)3-4-14(13)16/h3-8H,16H2,1-2H3. The maximum atomic E-state index is 5.99. The maximum absolute atomic E-state index is 5.99.